The number of phosphoric acid groups is 2. The number of hydrogen-bond acceptors (Lipinski definition) is 19. The number of amidine groups is 1. The van der Waals surface area contributed by atoms with E-state index in [0.717, 1.165) is 16.8 Å². The van der Waals surface area contributed by atoms with Crippen LogP contribution in [0.4, 0.5) is 16.3 Å². The average molecular weight is 940 g/mol. The van der Waals surface area contributed by atoms with Crippen molar-refractivity contribution >= 4 is 62.1 Å². The van der Waals surface area contributed by atoms with Gasteiger partial charge in [-0.2, -0.15) is 4.99 Å². The minimum absolute atomic E-state index is 0.0161. The summed E-state index contributed by atoms with van der Waals surface area (Å²) in [6.07, 6.45) is -6.12. The fraction of sp³-hybridized carbons (Fsp3) is 0.559. The number of aromatic nitrogens is 4. The summed E-state index contributed by atoms with van der Waals surface area (Å²) in [5.41, 5.74) is 27.9. The second kappa shape index (κ2) is 21.2. The van der Waals surface area contributed by atoms with E-state index in [9.17, 15) is 43.3 Å². The van der Waals surface area contributed by atoms with Crippen LogP contribution in [0.3, 0.4) is 0 Å². The number of nitrogens with two attached hydrogens (primary N) is 3. The molecule has 0 bridgehead atoms. The van der Waals surface area contributed by atoms with Crippen LogP contribution in [0.15, 0.2) is 47.0 Å². The molecule has 3 amide bonds. The van der Waals surface area contributed by atoms with E-state index in [0.29, 0.717) is 31.5 Å². The number of nitrogens with zero attached hydrogens (tertiary/aromatic N) is 9. The van der Waals surface area contributed by atoms with Gasteiger partial charge in [0, 0.05) is 43.0 Å². The Morgan fingerprint density at radius 3 is 2.53 bits per heavy atom. The summed E-state index contributed by atoms with van der Waals surface area (Å²) >= 11 is 0. The predicted octanol–water partition coefficient (Wildman–Crippen LogP) is 0.676. The Labute approximate surface area is 362 Å². The van der Waals surface area contributed by atoms with Crippen molar-refractivity contribution in [3.8, 4) is 0 Å². The zero-order valence-corrected chi connectivity index (χ0v) is 35.6. The lowest BCUT2D eigenvalue weighted by Crippen LogP contribution is -2.44. The molecule has 3 aliphatic heterocycles. The lowest BCUT2D eigenvalue weighted by molar-refractivity contribution is -0.158. The van der Waals surface area contributed by atoms with Crippen LogP contribution in [0.2, 0.25) is 0 Å². The van der Waals surface area contributed by atoms with Crippen molar-refractivity contribution in [1.29, 1.82) is 0 Å². The Morgan fingerprint density at radius 2 is 1.81 bits per heavy atom. The number of unbranched alkanes of at least 4 members (excludes halogenated alkanes) is 1. The summed E-state index contributed by atoms with van der Waals surface area (Å²) < 4.78 is 58.9. The van der Waals surface area contributed by atoms with Gasteiger partial charge >= 0.3 is 27.6 Å². The molecule has 6 rings (SSSR count). The molecule has 64 heavy (non-hydrogen) atoms. The summed E-state index contributed by atoms with van der Waals surface area (Å²) in [4.78, 5) is 87.5. The maximum atomic E-state index is 13.5. The molecule has 3 aromatic rings. The van der Waals surface area contributed by atoms with Gasteiger partial charge in [0.05, 0.1) is 19.5 Å². The lowest BCUT2D eigenvalue weighted by Gasteiger charge is -2.29. The number of aryl methyl sites for hydroxylation is 1. The van der Waals surface area contributed by atoms with Crippen LogP contribution >= 0.6 is 15.6 Å². The number of carbonyl (C=O) groups is 3. The molecular weight excluding hydrogens is 892 g/mol. The highest BCUT2D eigenvalue weighted by molar-refractivity contribution is 7.47. The minimum Gasteiger partial charge on any atom is -0.455 e. The zero-order valence-electron chi connectivity index (χ0n) is 33.8. The number of esters is 1. The fourth-order valence-electron chi connectivity index (χ4n) is 7.00. The molecule has 11 N–H and O–H groups in total. The largest absolute Gasteiger partial charge is 0.472 e. The minimum atomic E-state index is -5.17. The number of nitrogens with one attached hydrogen (secondary N) is 1. The van der Waals surface area contributed by atoms with Crippen LogP contribution < -0.4 is 22.5 Å². The molecule has 0 spiro atoms. The van der Waals surface area contributed by atoms with Crippen molar-refractivity contribution < 1.29 is 71.1 Å². The maximum Gasteiger partial charge on any atom is 0.472 e. The third kappa shape index (κ3) is 12.8. The molecule has 2 fully saturated rings. The fourth-order valence-corrected chi connectivity index (χ4v) is 8.30. The van der Waals surface area contributed by atoms with Gasteiger partial charge in [-0.1, -0.05) is 29.4 Å². The number of aliphatic hydroxyl groups is 1. The number of anilines is 1. The molecule has 348 valence electrons. The first-order valence-corrected chi connectivity index (χ1v) is 22.7. The molecular formula is C34H47N13O15P2. The highest BCUT2D eigenvalue weighted by Gasteiger charge is 2.50. The number of ether oxygens (including phenoxy) is 3. The van der Waals surface area contributed by atoms with Gasteiger partial charge in [-0.05, 0) is 36.8 Å². The smallest absolute Gasteiger partial charge is 0.455 e. The predicted molar refractivity (Wildman–Crippen MR) is 218 cm³/mol. The third-order valence-corrected chi connectivity index (χ3v) is 11.7. The lowest BCUT2D eigenvalue weighted by atomic mass is 10.1. The van der Waals surface area contributed by atoms with E-state index in [1.165, 1.54) is 10.9 Å². The number of phosphoric ester groups is 2. The monoisotopic (exact) mass is 939 g/mol. The number of benzene rings is 1. The number of urea groups is 1. The molecule has 5 heterocycles. The van der Waals surface area contributed by atoms with Crippen LogP contribution in [-0.2, 0) is 52.9 Å². The molecule has 1 aromatic carbocycles. The molecule has 30 heteroatoms. The second-order valence-electron chi connectivity index (χ2n) is 14.7. The molecule has 0 saturated carbocycles. The normalized spacial score (nSPS) is 25.1. The van der Waals surface area contributed by atoms with Gasteiger partial charge in [0.15, 0.2) is 23.8 Å². The Bertz CT molecular complexity index is 2330. The Morgan fingerprint density at radius 1 is 1.06 bits per heavy atom. The molecule has 0 radical (unpaired) electrons. The van der Waals surface area contributed by atoms with Gasteiger partial charge in [0.25, 0.3) is 0 Å². The van der Waals surface area contributed by atoms with Crippen molar-refractivity contribution in [2.75, 3.05) is 32.0 Å². The zero-order chi connectivity index (χ0) is 46.2. The van der Waals surface area contributed by atoms with Gasteiger partial charge in [-0.25, -0.2) is 28.9 Å². The number of azide groups is 1. The second-order valence-corrected chi connectivity index (χ2v) is 17.4. The third-order valence-electron chi connectivity index (χ3n) is 10.2. The van der Waals surface area contributed by atoms with Crippen molar-refractivity contribution in [2.45, 2.75) is 94.0 Å². The number of rotatable bonds is 21. The van der Waals surface area contributed by atoms with E-state index < -0.39 is 89.9 Å². The van der Waals surface area contributed by atoms with Crippen LogP contribution in [-0.4, -0.2) is 137 Å². The number of amides is 3. The van der Waals surface area contributed by atoms with Crippen molar-refractivity contribution in [3.05, 3.63) is 52.9 Å². The van der Waals surface area contributed by atoms with Crippen molar-refractivity contribution in [1.82, 2.24) is 29.7 Å². The molecule has 9 atom stereocenters. The Balaban J connectivity index is 1.06. The number of fused-ring (bicyclic) bond motifs is 1. The molecule has 0 aliphatic carbocycles. The number of hydrogen-bond donors (Lipinski definition) is 8. The van der Waals surface area contributed by atoms with Gasteiger partial charge in [-0.3, -0.25) is 32.6 Å². The van der Waals surface area contributed by atoms with E-state index >= 15 is 0 Å². The number of imidazole rings is 1. The summed E-state index contributed by atoms with van der Waals surface area (Å²) in [7, 11) is -10.2. The maximum absolute atomic E-state index is 13.5. The summed E-state index contributed by atoms with van der Waals surface area (Å²) in [6, 6.07) is 4.85. The quantitative estimate of drug-likeness (QED) is 0.0182. The standard InChI is InChI=1S/C34H47N13O15P2/c35-20(3-1-2-11-39-25(48)9-6-18-4-7-19(8-5-18)44-45-38)33(50)61-29-23(60-32(28(29)49)47-17-42-27-30(37)40-16-41-31(27)47)15-58-64(55,56)62-21-13-26(46-12-10-24(36)43-34(46)51)59-22(21)14-57-63(52,53)54/h4-5,7-8,16-17,20-23,26,28-29,32,49H,1-3,6,9-15,35H2,(H,39,48)(H,55,56)(H2,36,43,51)(H2,37,40,41)(H2,52,53,54)/t20-,21-,22+,23+,26+,28+,29+,32+/m0/s1. The first kappa shape index (κ1) is 48.3. The number of nitrogen functional groups attached to an aromatic ring is 1. The summed E-state index contributed by atoms with van der Waals surface area (Å²) in [5.74, 6) is -1.06. The highest BCUT2D eigenvalue weighted by atomic mass is 31.2. The first-order chi connectivity index (χ1) is 30.4. The van der Waals surface area contributed by atoms with E-state index in [-0.39, 0.29) is 61.0 Å². The van der Waals surface area contributed by atoms with Crippen LogP contribution in [0.25, 0.3) is 21.6 Å². The van der Waals surface area contributed by atoms with E-state index in [1.54, 1.807) is 24.3 Å². The molecule has 3 aliphatic rings. The molecule has 2 aromatic heterocycles. The number of carbonyl (C=O) groups excluding carboxylic acids is 3. The molecule has 1 unspecified atom stereocenters. The number of aliphatic imine (C=N–C) groups is 1. The summed E-state index contributed by atoms with van der Waals surface area (Å²) in [6.45, 7) is -1.32. The van der Waals surface area contributed by atoms with Gasteiger partial charge in [-0.15, -0.1) is 0 Å². The number of aliphatic hydroxyl groups excluding tert-OH is 1. The first-order valence-electron chi connectivity index (χ1n) is 19.7. The Hall–Kier alpha value is -5.18. The average Bonchev–Trinajstić information content (AvgIpc) is 3.94. The highest BCUT2D eigenvalue weighted by Crippen LogP contribution is 2.49. The van der Waals surface area contributed by atoms with Gasteiger partial charge in [0.1, 0.15) is 54.4 Å². The van der Waals surface area contributed by atoms with E-state index in [2.05, 4.69) is 39.8 Å². The molecule has 2 saturated heterocycles. The topological polar surface area (TPSA) is 420 Å². The van der Waals surface area contributed by atoms with Crippen LogP contribution in [0.5, 0.6) is 0 Å². The van der Waals surface area contributed by atoms with E-state index in [4.69, 9.17) is 46.0 Å². The van der Waals surface area contributed by atoms with Gasteiger partial charge < -0.3 is 56.5 Å². The van der Waals surface area contributed by atoms with Crippen molar-refractivity contribution in [3.63, 3.8) is 0 Å². The van der Waals surface area contributed by atoms with E-state index in [1.807, 2.05) is 0 Å². The Kier molecular flexibility index (Phi) is 16.0. The summed E-state index contributed by atoms with van der Waals surface area (Å²) in [5, 5.41) is 17.8. The van der Waals surface area contributed by atoms with Gasteiger partial charge in [0.2, 0.25) is 5.91 Å². The SMILES string of the molecule is [N-]=[N+]=Nc1ccc(CCC(=O)NCCCC[C@H](N)C(=O)O[C@H]2[C@@H](O)[C@H](n3cnc4c(N)ncnc43)O[C@@H]2COP(=O)(O)O[C@H]2C[C@H](N3CCC(N)=NC3=O)O[C@@H]2COP(=O)(O)O)cc1. The molecule has 28 nitrogen and oxygen atoms in total. The van der Waals surface area contributed by atoms with Crippen LogP contribution in [0, 0.1) is 0 Å². The van der Waals surface area contributed by atoms with Crippen LogP contribution in [0.1, 0.15) is 50.3 Å². The van der Waals surface area contributed by atoms with Crippen molar-refractivity contribution in [2.24, 2.45) is 21.6 Å².